The molecule has 3 rings (SSSR count). The molecule has 2 heterocycles. The Hall–Kier alpha value is -2.80. The van der Waals surface area contributed by atoms with Gasteiger partial charge in [0.05, 0.1) is 5.56 Å². The number of aromatic nitrogens is 2. The van der Waals surface area contributed by atoms with Crippen molar-refractivity contribution in [2.24, 2.45) is 0 Å². The monoisotopic (exact) mass is 235 g/mol. The van der Waals surface area contributed by atoms with E-state index in [-0.39, 0.29) is 5.75 Å². The standard InChI is InChI=1S/C14H9N3O/c15-7-10-8-17-14-13(10)12(4-5-16-14)9-2-1-3-11(18)6-9/h1-6,8,18H,(H,16,17). The fraction of sp³-hybridized carbons (Fsp3) is 0. The van der Waals surface area contributed by atoms with Gasteiger partial charge in [-0.05, 0) is 29.3 Å². The van der Waals surface area contributed by atoms with Gasteiger partial charge in [0.2, 0.25) is 0 Å². The van der Waals surface area contributed by atoms with Gasteiger partial charge >= 0.3 is 0 Å². The van der Waals surface area contributed by atoms with Crippen molar-refractivity contribution in [3.8, 4) is 22.9 Å². The molecule has 3 aromatic rings. The Morgan fingerprint density at radius 2 is 2.17 bits per heavy atom. The summed E-state index contributed by atoms with van der Waals surface area (Å²) in [5.74, 6) is 0.200. The van der Waals surface area contributed by atoms with Gasteiger partial charge in [-0.2, -0.15) is 5.26 Å². The van der Waals surface area contributed by atoms with Crippen LogP contribution < -0.4 is 0 Å². The van der Waals surface area contributed by atoms with Crippen LogP contribution in [0.4, 0.5) is 0 Å². The van der Waals surface area contributed by atoms with Gasteiger partial charge < -0.3 is 10.1 Å². The van der Waals surface area contributed by atoms with Crippen molar-refractivity contribution in [2.45, 2.75) is 0 Å². The number of phenolic OH excluding ortho intramolecular Hbond substituents is 1. The van der Waals surface area contributed by atoms with E-state index in [1.165, 1.54) is 0 Å². The summed E-state index contributed by atoms with van der Waals surface area (Å²) in [6.07, 6.45) is 3.32. The number of pyridine rings is 1. The quantitative estimate of drug-likeness (QED) is 0.681. The number of H-pyrrole nitrogens is 1. The van der Waals surface area contributed by atoms with E-state index in [9.17, 15) is 5.11 Å². The lowest BCUT2D eigenvalue weighted by atomic mass is 10.0. The fourth-order valence-electron chi connectivity index (χ4n) is 2.06. The highest BCUT2D eigenvalue weighted by molar-refractivity contribution is 5.97. The van der Waals surface area contributed by atoms with Crippen molar-refractivity contribution in [1.29, 1.82) is 5.26 Å². The molecule has 0 bridgehead atoms. The average Bonchev–Trinajstić information content (AvgIpc) is 2.81. The number of aromatic amines is 1. The molecular formula is C14H9N3O. The van der Waals surface area contributed by atoms with Crippen molar-refractivity contribution in [3.05, 3.63) is 48.3 Å². The van der Waals surface area contributed by atoms with E-state index < -0.39 is 0 Å². The van der Waals surface area contributed by atoms with E-state index in [0.29, 0.717) is 11.2 Å². The average molecular weight is 235 g/mol. The lowest BCUT2D eigenvalue weighted by Gasteiger charge is -2.04. The maximum absolute atomic E-state index is 9.54. The highest BCUT2D eigenvalue weighted by Gasteiger charge is 2.10. The van der Waals surface area contributed by atoms with Crippen molar-refractivity contribution >= 4 is 11.0 Å². The zero-order valence-electron chi connectivity index (χ0n) is 9.38. The van der Waals surface area contributed by atoms with E-state index in [1.807, 2.05) is 12.1 Å². The van der Waals surface area contributed by atoms with Gasteiger partial charge in [0, 0.05) is 17.8 Å². The predicted octanol–water partition coefficient (Wildman–Crippen LogP) is 2.81. The summed E-state index contributed by atoms with van der Waals surface area (Å²) >= 11 is 0. The SMILES string of the molecule is N#Cc1c[nH]c2nccc(-c3cccc(O)c3)c12. The van der Waals surface area contributed by atoms with Crippen molar-refractivity contribution in [2.75, 3.05) is 0 Å². The Balaban J connectivity index is 2.36. The lowest BCUT2D eigenvalue weighted by Crippen LogP contribution is -1.83. The molecule has 4 nitrogen and oxygen atoms in total. The summed E-state index contributed by atoms with van der Waals surface area (Å²) < 4.78 is 0. The van der Waals surface area contributed by atoms with Crippen LogP contribution in [0.2, 0.25) is 0 Å². The molecule has 0 aliphatic rings. The van der Waals surface area contributed by atoms with Gasteiger partial charge in [-0.3, -0.25) is 0 Å². The van der Waals surface area contributed by atoms with E-state index >= 15 is 0 Å². The smallest absolute Gasteiger partial charge is 0.139 e. The zero-order chi connectivity index (χ0) is 12.5. The second-order valence-corrected chi connectivity index (χ2v) is 3.95. The van der Waals surface area contributed by atoms with Crippen molar-refractivity contribution in [1.82, 2.24) is 9.97 Å². The Kier molecular flexibility index (Phi) is 2.24. The molecule has 0 amide bonds. The van der Waals surface area contributed by atoms with E-state index in [0.717, 1.165) is 16.5 Å². The molecule has 1 aromatic carbocycles. The van der Waals surface area contributed by atoms with E-state index in [1.54, 1.807) is 30.6 Å². The van der Waals surface area contributed by atoms with Crippen LogP contribution in [0.5, 0.6) is 5.75 Å². The minimum absolute atomic E-state index is 0.200. The summed E-state index contributed by atoms with van der Waals surface area (Å²) in [4.78, 5) is 7.16. The highest BCUT2D eigenvalue weighted by atomic mass is 16.3. The van der Waals surface area contributed by atoms with Gasteiger partial charge in [-0.15, -0.1) is 0 Å². The Morgan fingerprint density at radius 1 is 1.28 bits per heavy atom. The van der Waals surface area contributed by atoms with Crippen LogP contribution in [0.15, 0.2) is 42.7 Å². The maximum atomic E-state index is 9.54. The molecule has 0 atom stereocenters. The number of benzene rings is 1. The van der Waals surface area contributed by atoms with Gasteiger partial charge in [-0.25, -0.2) is 4.98 Å². The molecule has 2 aromatic heterocycles. The van der Waals surface area contributed by atoms with Crippen LogP contribution in [0, 0.1) is 11.3 Å². The molecule has 0 saturated heterocycles. The predicted molar refractivity (Wildman–Crippen MR) is 67.9 cm³/mol. The second kappa shape index (κ2) is 3.90. The summed E-state index contributed by atoms with van der Waals surface area (Å²) in [6.45, 7) is 0. The summed E-state index contributed by atoms with van der Waals surface area (Å²) in [5.41, 5.74) is 2.97. The van der Waals surface area contributed by atoms with Crippen molar-refractivity contribution in [3.63, 3.8) is 0 Å². The van der Waals surface area contributed by atoms with Crippen LogP contribution in [-0.2, 0) is 0 Å². The largest absolute Gasteiger partial charge is 0.508 e. The maximum Gasteiger partial charge on any atom is 0.139 e. The Morgan fingerprint density at radius 3 is 2.94 bits per heavy atom. The molecule has 2 N–H and O–H groups in total. The molecule has 0 radical (unpaired) electrons. The van der Waals surface area contributed by atoms with Gasteiger partial charge in [-0.1, -0.05) is 12.1 Å². The third-order valence-corrected chi connectivity index (χ3v) is 2.85. The number of fused-ring (bicyclic) bond motifs is 1. The molecule has 0 fully saturated rings. The minimum Gasteiger partial charge on any atom is -0.508 e. The number of nitrogens with one attached hydrogen (secondary N) is 1. The number of aromatic hydroxyl groups is 1. The number of hydrogen-bond acceptors (Lipinski definition) is 3. The molecule has 0 aliphatic heterocycles. The zero-order valence-corrected chi connectivity index (χ0v) is 9.38. The van der Waals surface area contributed by atoms with E-state index in [2.05, 4.69) is 16.0 Å². The lowest BCUT2D eigenvalue weighted by molar-refractivity contribution is 0.475. The molecule has 0 aliphatic carbocycles. The number of rotatable bonds is 1. The molecular weight excluding hydrogens is 226 g/mol. The van der Waals surface area contributed by atoms with Crippen LogP contribution in [-0.4, -0.2) is 15.1 Å². The first-order valence-electron chi connectivity index (χ1n) is 5.45. The fourth-order valence-corrected chi connectivity index (χ4v) is 2.06. The summed E-state index contributed by atoms with van der Waals surface area (Å²) in [6, 6.07) is 10.9. The van der Waals surface area contributed by atoms with Crippen LogP contribution in [0.1, 0.15) is 5.56 Å². The number of nitrogens with zero attached hydrogens (tertiary/aromatic N) is 2. The summed E-state index contributed by atoms with van der Waals surface area (Å²) in [7, 11) is 0. The first-order chi connectivity index (χ1) is 8.79. The second-order valence-electron chi connectivity index (χ2n) is 3.95. The van der Waals surface area contributed by atoms with Crippen LogP contribution in [0.25, 0.3) is 22.2 Å². The first-order valence-corrected chi connectivity index (χ1v) is 5.45. The van der Waals surface area contributed by atoms with Crippen molar-refractivity contribution < 1.29 is 5.11 Å². The number of nitriles is 1. The third kappa shape index (κ3) is 1.50. The molecule has 0 unspecified atom stereocenters. The van der Waals surface area contributed by atoms with Gasteiger partial charge in [0.15, 0.2) is 0 Å². The third-order valence-electron chi connectivity index (χ3n) is 2.85. The molecule has 0 spiro atoms. The highest BCUT2D eigenvalue weighted by Crippen LogP contribution is 2.31. The van der Waals surface area contributed by atoms with Crippen LogP contribution >= 0.6 is 0 Å². The molecule has 86 valence electrons. The molecule has 0 saturated carbocycles. The number of phenols is 1. The Bertz CT molecular complexity index is 768. The van der Waals surface area contributed by atoms with Gasteiger partial charge in [0.1, 0.15) is 17.5 Å². The van der Waals surface area contributed by atoms with Crippen LogP contribution in [0.3, 0.4) is 0 Å². The van der Waals surface area contributed by atoms with Gasteiger partial charge in [0.25, 0.3) is 0 Å². The topological polar surface area (TPSA) is 72.7 Å². The first kappa shape index (κ1) is 10.4. The minimum atomic E-state index is 0.200. The Labute approximate surface area is 103 Å². The molecule has 18 heavy (non-hydrogen) atoms. The molecule has 4 heteroatoms. The number of hydrogen-bond donors (Lipinski definition) is 2. The normalized spacial score (nSPS) is 10.4. The van der Waals surface area contributed by atoms with E-state index in [4.69, 9.17) is 5.26 Å². The summed E-state index contributed by atoms with van der Waals surface area (Å²) in [5, 5.41) is 19.4.